The number of likely N-dealkylation sites (N-methyl/N-ethyl adjacent to an activating group) is 1. The SMILES string of the molecule is CCN1CC(c2nn[nH]n2)=C(O)c2ccccc21. The van der Waals surface area contributed by atoms with Crippen LogP contribution in [0.25, 0.3) is 11.3 Å². The predicted octanol–water partition coefficient (Wildman–Crippen LogP) is 1.47. The summed E-state index contributed by atoms with van der Waals surface area (Å²) in [4.78, 5) is 2.17. The largest absolute Gasteiger partial charge is 0.507 e. The summed E-state index contributed by atoms with van der Waals surface area (Å²) in [6, 6.07) is 7.77. The van der Waals surface area contributed by atoms with Crippen LogP contribution in [0.15, 0.2) is 24.3 Å². The molecule has 6 nitrogen and oxygen atoms in total. The van der Waals surface area contributed by atoms with Gasteiger partial charge in [-0.3, -0.25) is 0 Å². The van der Waals surface area contributed by atoms with Gasteiger partial charge in [0, 0.05) is 17.8 Å². The molecule has 0 bridgehead atoms. The first-order valence-electron chi connectivity index (χ1n) is 5.81. The van der Waals surface area contributed by atoms with Crippen molar-refractivity contribution in [2.24, 2.45) is 0 Å². The van der Waals surface area contributed by atoms with Crippen molar-refractivity contribution in [3.05, 3.63) is 35.7 Å². The number of rotatable bonds is 2. The second-order valence-electron chi connectivity index (χ2n) is 4.09. The van der Waals surface area contributed by atoms with E-state index in [0.717, 1.165) is 17.8 Å². The van der Waals surface area contributed by atoms with Crippen LogP contribution in [0.1, 0.15) is 18.3 Å². The molecule has 1 aromatic heterocycles. The highest BCUT2D eigenvalue weighted by atomic mass is 16.3. The molecule has 18 heavy (non-hydrogen) atoms. The van der Waals surface area contributed by atoms with E-state index in [1.807, 2.05) is 24.3 Å². The van der Waals surface area contributed by atoms with E-state index in [9.17, 15) is 5.11 Å². The maximum absolute atomic E-state index is 10.3. The first-order valence-corrected chi connectivity index (χ1v) is 5.81. The summed E-state index contributed by atoms with van der Waals surface area (Å²) in [5.41, 5.74) is 2.54. The summed E-state index contributed by atoms with van der Waals surface area (Å²) in [5, 5.41) is 24.2. The number of anilines is 1. The van der Waals surface area contributed by atoms with Crippen LogP contribution in [0.3, 0.4) is 0 Å². The highest BCUT2D eigenvalue weighted by molar-refractivity contribution is 5.93. The molecule has 0 aliphatic carbocycles. The highest BCUT2D eigenvalue weighted by Crippen LogP contribution is 2.35. The van der Waals surface area contributed by atoms with Crippen LogP contribution >= 0.6 is 0 Å². The van der Waals surface area contributed by atoms with E-state index in [0.29, 0.717) is 17.9 Å². The Bertz CT molecular complexity index is 590. The lowest BCUT2D eigenvalue weighted by Crippen LogP contribution is -2.29. The van der Waals surface area contributed by atoms with Gasteiger partial charge in [0.05, 0.1) is 12.1 Å². The normalized spacial score (nSPS) is 14.8. The number of aliphatic hydroxyl groups excluding tert-OH is 1. The fourth-order valence-corrected chi connectivity index (χ4v) is 2.21. The number of aromatic amines is 1. The Morgan fingerprint density at radius 1 is 1.39 bits per heavy atom. The van der Waals surface area contributed by atoms with Gasteiger partial charge < -0.3 is 10.0 Å². The molecule has 2 aromatic rings. The summed E-state index contributed by atoms with van der Waals surface area (Å²) in [6.07, 6.45) is 0. The minimum Gasteiger partial charge on any atom is -0.507 e. The molecule has 2 N–H and O–H groups in total. The molecule has 1 aliphatic rings. The van der Waals surface area contributed by atoms with E-state index >= 15 is 0 Å². The number of aliphatic hydroxyl groups is 1. The number of H-pyrrole nitrogens is 1. The summed E-state index contributed by atoms with van der Waals surface area (Å²) in [5.74, 6) is 0.678. The van der Waals surface area contributed by atoms with E-state index in [1.54, 1.807) is 0 Å². The van der Waals surface area contributed by atoms with Crippen LogP contribution in [0.4, 0.5) is 5.69 Å². The molecular formula is C12H13N5O. The van der Waals surface area contributed by atoms with Crippen LogP contribution in [0.5, 0.6) is 0 Å². The molecule has 0 amide bonds. The Hall–Kier alpha value is -2.37. The van der Waals surface area contributed by atoms with Crippen molar-refractivity contribution in [1.29, 1.82) is 0 Å². The number of nitrogens with zero attached hydrogens (tertiary/aromatic N) is 4. The lowest BCUT2D eigenvalue weighted by atomic mass is 10.00. The fraction of sp³-hybridized carbons (Fsp3) is 0.250. The maximum atomic E-state index is 10.3. The monoisotopic (exact) mass is 243 g/mol. The molecule has 3 rings (SSSR count). The van der Waals surface area contributed by atoms with Crippen molar-refractivity contribution < 1.29 is 5.11 Å². The highest BCUT2D eigenvalue weighted by Gasteiger charge is 2.25. The van der Waals surface area contributed by atoms with Gasteiger partial charge in [-0.2, -0.15) is 5.21 Å². The van der Waals surface area contributed by atoms with Crippen molar-refractivity contribution in [2.45, 2.75) is 6.92 Å². The molecule has 0 atom stereocenters. The van der Waals surface area contributed by atoms with Gasteiger partial charge in [0.15, 0.2) is 0 Å². The van der Waals surface area contributed by atoms with Crippen LogP contribution in [-0.2, 0) is 0 Å². The van der Waals surface area contributed by atoms with Gasteiger partial charge in [-0.15, -0.1) is 10.2 Å². The number of hydrogen-bond donors (Lipinski definition) is 2. The molecule has 92 valence electrons. The number of para-hydroxylation sites is 1. The zero-order chi connectivity index (χ0) is 12.5. The molecule has 2 heterocycles. The third-order valence-corrected chi connectivity index (χ3v) is 3.13. The first kappa shape index (κ1) is 10.8. The van der Waals surface area contributed by atoms with E-state index in [2.05, 4.69) is 32.4 Å². The molecule has 0 saturated heterocycles. The average molecular weight is 243 g/mol. The number of fused-ring (bicyclic) bond motifs is 1. The maximum Gasteiger partial charge on any atom is 0.206 e. The number of hydrogen-bond acceptors (Lipinski definition) is 5. The van der Waals surface area contributed by atoms with E-state index in [4.69, 9.17) is 0 Å². The Balaban J connectivity index is 2.17. The minimum absolute atomic E-state index is 0.233. The van der Waals surface area contributed by atoms with Crippen molar-refractivity contribution in [2.75, 3.05) is 18.0 Å². The molecule has 0 fully saturated rings. The second-order valence-corrected chi connectivity index (χ2v) is 4.09. The van der Waals surface area contributed by atoms with Crippen LogP contribution in [-0.4, -0.2) is 38.8 Å². The minimum atomic E-state index is 0.233. The quantitative estimate of drug-likeness (QED) is 0.835. The van der Waals surface area contributed by atoms with Crippen molar-refractivity contribution in [3.8, 4) is 0 Å². The van der Waals surface area contributed by atoms with Crippen molar-refractivity contribution in [1.82, 2.24) is 20.6 Å². The van der Waals surface area contributed by atoms with Gasteiger partial charge in [-0.25, -0.2) is 0 Å². The molecular weight excluding hydrogens is 230 g/mol. The Labute approximate surface area is 104 Å². The van der Waals surface area contributed by atoms with E-state index < -0.39 is 0 Å². The summed E-state index contributed by atoms with van der Waals surface area (Å²) >= 11 is 0. The second kappa shape index (κ2) is 4.14. The van der Waals surface area contributed by atoms with Gasteiger partial charge in [0.2, 0.25) is 5.82 Å². The first-order chi connectivity index (χ1) is 8.81. The third-order valence-electron chi connectivity index (χ3n) is 3.13. The van der Waals surface area contributed by atoms with Gasteiger partial charge in [-0.1, -0.05) is 12.1 Å². The molecule has 0 spiro atoms. The van der Waals surface area contributed by atoms with Gasteiger partial charge in [0.1, 0.15) is 5.76 Å². The predicted molar refractivity (Wildman–Crippen MR) is 67.9 cm³/mol. The molecule has 6 heteroatoms. The van der Waals surface area contributed by atoms with E-state index in [1.165, 1.54) is 0 Å². The smallest absolute Gasteiger partial charge is 0.206 e. The average Bonchev–Trinajstić information content (AvgIpc) is 2.93. The zero-order valence-electron chi connectivity index (χ0n) is 9.96. The van der Waals surface area contributed by atoms with Crippen LogP contribution < -0.4 is 4.90 Å². The molecule has 1 aromatic carbocycles. The van der Waals surface area contributed by atoms with E-state index in [-0.39, 0.29) is 5.76 Å². The number of tetrazole rings is 1. The fourth-order valence-electron chi connectivity index (χ4n) is 2.21. The summed E-state index contributed by atoms with van der Waals surface area (Å²) < 4.78 is 0. The molecule has 0 unspecified atom stereocenters. The van der Waals surface area contributed by atoms with Gasteiger partial charge in [0.25, 0.3) is 0 Å². The number of nitrogens with one attached hydrogen (secondary N) is 1. The van der Waals surface area contributed by atoms with Crippen molar-refractivity contribution in [3.63, 3.8) is 0 Å². The zero-order valence-corrected chi connectivity index (χ0v) is 9.96. The Kier molecular flexibility index (Phi) is 2.47. The number of aromatic nitrogens is 4. The van der Waals surface area contributed by atoms with Gasteiger partial charge >= 0.3 is 0 Å². The number of benzene rings is 1. The van der Waals surface area contributed by atoms with Crippen LogP contribution in [0, 0.1) is 0 Å². The summed E-state index contributed by atoms with van der Waals surface area (Å²) in [6.45, 7) is 3.51. The van der Waals surface area contributed by atoms with Gasteiger partial charge in [-0.05, 0) is 24.3 Å². The molecule has 0 radical (unpaired) electrons. The topological polar surface area (TPSA) is 77.9 Å². The third kappa shape index (κ3) is 1.54. The van der Waals surface area contributed by atoms with Crippen LogP contribution in [0.2, 0.25) is 0 Å². The summed E-state index contributed by atoms with van der Waals surface area (Å²) in [7, 11) is 0. The standard InChI is InChI=1S/C12H13N5O/c1-2-17-7-9(12-13-15-16-14-12)11(18)8-5-3-4-6-10(8)17/h3-6,18H,2,7H2,1H3,(H,13,14,15,16). The Morgan fingerprint density at radius 3 is 2.94 bits per heavy atom. The molecule has 1 aliphatic heterocycles. The Morgan fingerprint density at radius 2 is 2.22 bits per heavy atom. The lowest BCUT2D eigenvalue weighted by Gasteiger charge is -2.30. The lowest BCUT2D eigenvalue weighted by molar-refractivity contribution is 0.509. The van der Waals surface area contributed by atoms with Crippen molar-refractivity contribution >= 4 is 17.0 Å². The molecule has 0 saturated carbocycles.